The van der Waals surface area contributed by atoms with Crippen molar-refractivity contribution in [2.75, 3.05) is 19.8 Å². The lowest BCUT2D eigenvalue weighted by molar-refractivity contribution is -0.125. The Hall–Kier alpha value is -1.05. The minimum Gasteiger partial charge on any atom is -0.370 e. The summed E-state index contributed by atoms with van der Waals surface area (Å²) in [5.41, 5.74) is 5.22. The van der Waals surface area contributed by atoms with Gasteiger partial charge in [-0.2, -0.15) is 0 Å². The molecule has 0 unspecified atom stereocenters. The van der Waals surface area contributed by atoms with Crippen LogP contribution in [0.25, 0.3) is 0 Å². The van der Waals surface area contributed by atoms with Crippen molar-refractivity contribution >= 4 is 5.91 Å². The van der Waals surface area contributed by atoms with Gasteiger partial charge >= 0.3 is 0 Å². The number of hydrogen-bond donors (Lipinski definition) is 2. The second-order valence-electron chi connectivity index (χ2n) is 3.46. The first kappa shape index (κ1) is 11.9. The fraction of sp³-hybridized carbons (Fsp3) is 0.667. The highest BCUT2D eigenvalue weighted by atomic mass is 16.5. The first-order chi connectivity index (χ1) is 5.95. The highest BCUT2D eigenvalue weighted by molar-refractivity contribution is 5.77. The van der Waals surface area contributed by atoms with Crippen LogP contribution in [0.5, 0.6) is 0 Å². The van der Waals surface area contributed by atoms with E-state index in [2.05, 4.69) is 11.2 Å². The molecule has 13 heavy (non-hydrogen) atoms. The topological polar surface area (TPSA) is 64.3 Å². The molecule has 0 aliphatic heterocycles. The van der Waals surface area contributed by atoms with E-state index in [0.29, 0.717) is 6.61 Å². The Labute approximate surface area is 78.8 Å². The summed E-state index contributed by atoms with van der Waals surface area (Å²) in [6, 6.07) is 0. The van der Waals surface area contributed by atoms with E-state index in [1.54, 1.807) is 0 Å². The zero-order chi connectivity index (χ0) is 10.3. The molecular weight excluding hydrogens is 168 g/mol. The molecule has 3 N–H and O–H groups in total. The van der Waals surface area contributed by atoms with E-state index in [1.807, 2.05) is 13.8 Å². The molecular formula is C9H16N2O2. The molecule has 0 fully saturated rings. The van der Waals surface area contributed by atoms with Gasteiger partial charge in [0.05, 0.1) is 13.2 Å². The maximum Gasteiger partial charge on any atom is 0.246 e. The van der Waals surface area contributed by atoms with Crippen LogP contribution >= 0.6 is 0 Å². The third kappa shape index (κ3) is 8.86. The maximum atomic E-state index is 10.9. The Balaban J connectivity index is 3.44. The number of nitrogens with two attached hydrogens (primary N) is 1. The molecule has 0 heterocycles. The van der Waals surface area contributed by atoms with Crippen molar-refractivity contribution in [1.82, 2.24) is 5.32 Å². The molecule has 0 rings (SSSR count). The number of carbonyl (C=O) groups excluding carboxylic acids is 1. The Morgan fingerprint density at radius 2 is 2.31 bits per heavy atom. The van der Waals surface area contributed by atoms with Crippen molar-refractivity contribution in [3.63, 3.8) is 0 Å². The Bertz CT molecular complexity index is 201. The molecule has 0 bridgehead atoms. The first-order valence-electron chi connectivity index (χ1n) is 4.02. The third-order valence-corrected chi connectivity index (χ3v) is 1.09. The molecule has 0 saturated carbocycles. The number of rotatable bonds is 5. The van der Waals surface area contributed by atoms with E-state index in [1.165, 1.54) is 0 Å². The molecule has 0 spiro atoms. The third-order valence-electron chi connectivity index (χ3n) is 1.09. The van der Waals surface area contributed by atoms with Gasteiger partial charge < -0.3 is 15.8 Å². The van der Waals surface area contributed by atoms with Crippen LogP contribution in [-0.2, 0) is 9.53 Å². The van der Waals surface area contributed by atoms with Crippen LogP contribution in [0.3, 0.4) is 0 Å². The van der Waals surface area contributed by atoms with Crippen molar-refractivity contribution in [1.29, 1.82) is 0 Å². The normalized spacial score (nSPS) is 10.6. The molecule has 0 aromatic rings. The highest BCUT2D eigenvalue weighted by Gasteiger charge is 2.11. The van der Waals surface area contributed by atoms with Gasteiger partial charge in [0, 0.05) is 5.54 Å². The lowest BCUT2D eigenvalue weighted by Gasteiger charge is -2.17. The van der Waals surface area contributed by atoms with E-state index >= 15 is 0 Å². The van der Waals surface area contributed by atoms with Crippen molar-refractivity contribution in [3.8, 4) is 12.3 Å². The number of carbonyl (C=O) groups is 1. The standard InChI is InChI=1S/C9H16N2O2/c1-4-5-11-8(12)6-13-7-9(2,3)10/h1H,5-7,10H2,2-3H3,(H,11,12). The van der Waals surface area contributed by atoms with Crippen molar-refractivity contribution in [3.05, 3.63) is 0 Å². The quantitative estimate of drug-likeness (QED) is 0.566. The van der Waals surface area contributed by atoms with Gasteiger partial charge in [-0.15, -0.1) is 6.42 Å². The molecule has 4 heteroatoms. The minimum atomic E-state index is -0.410. The maximum absolute atomic E-state index is 10.9. The molecule has 4 nitrogen and oxygen atoms in total. The molecule has 0 aromatic heterocycles. The van der Waals surface area contributed by atoms with Gasteiger partial charge in [0.25, 0.3) is 0 Å². The Morgan fingerprint density at radius 3 is 2.77 bits per heavy atom. The average molecular weight is 184 g/mol. The summed E-state index contributed by atoms with van der Waals surface area (Å²) < 4.78 is 5.05. The molecule has 74 valence electrons. The monoisotopic (exact) mass is 184 g/mol. The summed E-state index contributed by atoms with van der Waals surface area (Å²) in [7, 11) is 0. The summed E-state index contributed by atoms with van der Waals surface area (Å²) in [6.45, 7) is 4.23. The van der Waals surface area contributed by atoms with Gasteiger partial charge in [0.15, 0.2) is 0 Å². The van der Waals surface area contributed by atoms with E-state index in [-0.39, 0.29) is 19.1 Å². The number of amides is 1. The lowest BCUT2D eigenvalue weighted by atomic mass is 10.1. The van der Waals surface area contributed by atoms with E-state index in [9.17, 15) is 4.79 Å². The largest absolute Gasteiger partial charge is 0.370 e. The van der Waals surface area contributed by atoms with Gasteiger partial charge in [0.2, 0.25) is 5.91 Å². The molecule has 0 aromatic carbocycles. The number of terminal acetylenes is 1. The zero-order valence-corrected chi connectivity index (χ0v) is 8.09. The van der Waals surface area contributed by atoms with Crippen LogP contribution in [0.4, 0.5) is 0 Å². The summed E-state index contributed by atoms with van der Waals surface area (Å²) in [6.07, 6.45) is 4.95. The van der Waals surface area contributed by atoms with Crippen LogP contribution < -0.4 is 11.1 Å². The molecule has 0 aliphatic rings. The lowest BCUT2D eigenvalue weighted by Crippen LogP contribution is -2.39. The van der Waals surface area contributed by atoms with Crippen molar-refractivity contribution in [2.45, 2.75) is 19.4 Å². The summed E-state index contributed by atoms with van der Waals surface area (Å²) in [5.74, 6) is 2.07. The second kappa shape index (κ2) is 5.57. The fourth-order valence-electron chi connectivity index (χ4n) is 0.607. The SMILES string of the molecule is C#CCNC(=O)COCC(C)(C)N. The number of hydrogen-bond acceptors (Lipinski definition) is 3. The second-order valence-corrected chi connectivity index (χ2v) is 3.46. The molecule has 0 atom stereocenters. The number of ether oxygens (including phenoxy) is 1. The van der Waals surface area contributed by atoms with Gasteiger partial charge in [-0.1, -0.05) is 5.92 Å². The van der Waals surface area contributed by atoms with Crippen LogP contribution in [-0.4, -0.2) is 31.2 Å². The van der Waals surface area contributed by atoms with Crippen molar-refractivity contribution in [2.24, 2.45) is 5.73 Å². The summed E-state index contributed by atoms with van der Waals surface area (Å²) in [4.78, 5) is 10.9. The summed E-state index contributed by atoms with van der Waals surface area (Å²) in [5, 5.41) is 2.48. The molecule has 0 saturated heterocycles. The minimum absolute atomic E-state index is 0.00229. The van der Waals surface area contributed by atoms with Gasteiger partial charge in [0.1, 0.15) is 6.61 Å². The Morgan fingerprint density at radius 1 is 1.69 bits per heavy atom. The van der Waals surface area contributed by atoms with E-state index in [0.717, 1.165) is 0 Å². The van der Waals surface area contributed by atoms with Gasteiger partial charge in [-0.3, -0.25) is 4.79 Å². The number of nitrogens with one attached hydrogen (secondary N) is 1. The summed E-state index contributed by atoms with van der Waals surface area (Å²) >= 11 is 0. The van der Waals surface area contributed by atoms with E-state index < -0.39 is 5.54 Å². The molecule has 0 radical (unpaired) electrons. The first-order valence-corrected chi connectivity index (χ1v) is 4.02. The molecule has 1 amide bonds. The Kier molecular flexibility index (Phi) is 5.12. The van der Waals surface area contributed by atoms with Crippen LogP contribution in [0, 0.1) is 12.3 Å². The van der Waals surface area contributed by atoms with Crippen molar-refractivity contribution < 1.29 is 9.53 Å². The average Bonchev–Trinajstić information content (AvgIpc) is 1.98. The fourth-order valence-corrected chi connectivity index (χ4v) is 0.607. The predicted octanol–water partition coefficient (Wildman–Crippen LogP) is -0.510. The zero-order valence-electron chi connectivity index (χ0n) is 8.09. The van der Waals surface area contributed by atoms with Crippen LogP contribution in [0.1, 0.15) is 13.8 Å². The van der Waals surface area contributed by atoms with Crippen LogP contribution in [0.15, 0.2) is 0 Å². The van der Waals surface area contributed by atoms with E-state index in [4.69, 9.17) is 16.9 Å². The van der Waals surface area contributed by atoms with Gasteiger partial charge in [-0.05, 0) is 13.8 Å². The smallest absolute Gasteiger partial charge is 0.246 e. The van der Waals surface area contributed by atoms with Gasteiger partial charge in [-0.25, -0.2) is 0 Å². The predicted molar refractivity (Wildman–Crippen MR) is 50.9 cm³/mol. The highest BCUT2D eigenvalue weighted by Crippen LogP contribution is 1.95. The van der Waals surface area contributed by atoms with Crippen LogP contribution in [0.2, 0.25) is 0 Å². The molecule has 0 aliphatic carbocycles.